The highest BCUT2D eigenvalue weighted by molar-refractivity contribution is 5.94. The minimum Gasteiger partial charge on any atom is -0.368 e. The lowest BCUT2D eigenvalue weighted by atomic mass is 10.1. The number of halogens is 1. The highest BCUT2D eigenvalue weighted by Gasteiger charge is 2.28. The summed E-state index contributed by atoms with van der Waals surface area (Å²) < 4.78 is 21.2. The van der Waals surface area contributed by atoms with Crippen LogP contribution in [-0.2, 0) is 4.74 Å². The maximum atomic E-state index is 13.7. The first-order valence-electron chi connectivity index (χ1n) is 8.36. The first-order valence-corrected chi connectivity index (χ1v) is 8.36. The standard InChI is InChI=1S/C18H18FN5O2/c1-11-5-13(8-14(19)6-11)17(25)23-3-4-26-16(9-23)15-7-12(2)22-18-20-10-21-24(15)18/h5-8,10,16H,3-4,9H2,1-2H3/t16-/m0/s1. The van der Waals surface area contributed by atoms with Crippen LogP contribution < -0.4 is 0 Å². The maximum Gasteiger partial charge on any atom is 0.254 e. The molecule has 1 atom stereocenters. The number of rotatable bonds is 2. The van der Waals surface area contributed by atoms with Gasteiger partial charge in [0.1, 0.15) is 18.2 Å². The molecule has 0 N–H and O–H groups in total. The van der Waals surface area contributed by atoms with Crippen LogP contribution >= 0.6 is 0 Å². The zero-order valence-electron chi connectivity index (χ0n) is 14.5. The second kappa shape index (κ2) is 6.45. The Labute approximate surface area is 149 Å². The number of hydrogen-bond acceptors (Lipinski definition) is 5. The normalized spacial score (nSPS) is 17.7. The van der Waals surface area contributed by atoms with Crippen LogP contribution in [0.1, 0.15) is 33.4 Å². The molecule has 7 nitrogen and oxygen atoms in total. The molecule has 2 aromatic heterocycles. The molecule has 1 fully saturated rings. The highest BCUT2D eigenvalue weighted by Crippen LogP contribution is 2.24. The van der Waals surface area contributed by atoms with E-state index in [9.17, 15) is 9.18 Å². The minimum atomic E-state index is -0.410. The molecule has 1 saturated heterocycles. The van der Waals surface area contributed by atoms with Crippen molar-refractivity contribution in [3.8, 4) is 0 Å². The number of morpholine rings is 1. The van der Waals surface area contributed by atoms with Crippen LogP contribution in [0.15, 0.2) is 30.6 Å². The van der Waals surface area contributed by atoms with Crippen molar-refractivity contribution in [2.45, 2.75) is 20.0 Å². The summed E-state index contributed by atoms with van der Waals surface area (Å²) in [6.07, 6.45) is 1.08. The number of ether oxygens (including phenoxy) is 1. The van der Waals surface area contributed by atoms with Gasteiger partial charge in [0, 0.05) is 17.8 Å². The molecule has 0 bridgehead atoms. The average molecular weight is 355 g/mol. The smallest absolute Gasteiger partial charge is 0.254 e. The van der Waals surface area contributed by atoms with E-state index in [1.807, 2.05) is 13.0 Å². The quantitative estimate of drug-likeness (QED) is 0.704. The molecule has 4 rings (SSSR count). The van der Waals surface area contributed by atoms with Crippen LogP contribution in [-0.4, -0.2) is 50.1 Å². The van der Waals surface area contributed by atoms with Crippen LogP contribution in [0, 0.1) is 19.7 Å². The third kappa shape index (κ3) is 3.03. The second-order valence-corrected chi connectivity index (χ2v) is 6.42. The lowest BCUT2D eigenvalue weighted by molar-refractivity contribution is -0.0257. The Morgan fingerprint density at radius 2 is 2.12 bits per heavy atom. The fourth-order valence-corrected chi connectivity index (χ4v) is 3.24. The predicted molar refractivity (Wildman–Crippen MR) is 91.3 cm³/mol. The third-order valence-electron chi connectivity index (χ3n) is 4.38. The van der Waals surface area contributed by atoms with E-state index in [0.29, 0.717) is 36.6 Å². The summed E-state index contributed by atoms with van der Waals surface area (Å²) in [6, 6.07) is 6.25. The number of fused-ring (bicyclic) bond motifs is 1. The van der Waals surface area contributed by atoms with E-state index in [1.54, 1.807) is 22.4 Å². The predicted octanol–water partition coefficient (Wildman–Crippen LogP) is 2.09. The van der Waals surface area contributed by atoms with Crippen LogP contribution in [0.4, 0.5) is 4.39 Å². The largest absolute Gasteiger partial charge is 0.368 e. The summed E-state index contributed by atoms with van der Waals surface area (Å²) in [6.45, 7) is 4.84. The fourth-order valence-electron chi connectivity index (χ4n) is 3.24. The van der Waals surface area contributed by atoms with Gasteiger partial charge in [-0.3, -0.25) is 4.79 Å². The molecule has 0 radical (unpaired) electrons. The first kappa shape index (κ1) is 16.6. The molecule has 0 spiro atoms. The van der Waals surface area contributed by atoms with Gasteiger partial charge in [-0.15, -0.1) is 0 Å². The number of carbonyl (C=O) groups is 1. The first-order chi connectivity index (χ1) is 12.5. The topological polar surface area (TPSA) is 72.6 Å². The molecule has 8 heteroatoms. The molecule has 1 aliphatic rings. The van der Waals surface area contributed by atoms with E-state index in [2.05, 4.69) is 15.1 Å². The van der Waals surface area contributed by atoms with Crippen molar-refractivity contribution in [2.75, 3.05) is 19.7 Å². The van der Waals surface area contributed by atoms with Crippen LogP contribution in [0.25, 0.3) is 5.78 Å². The van der Waals surface area contributed by atoms with E-state index in [0.717, 1.165) is 11.4 Å². The molecule has 1 aromatic carbocycles. The van der Waals surface area contributed by atoms with Gasteiger partial charge in [-0.2, -0.15) is 14.6 Å². The van der Waals surface area contributed by atoms with Gasteiger partial charge in [0.2, 0.25) is 0 Å². The number of nitrogens with zero attached hydrogens (tertiary/aromatic N) is 5. The Morgan fingerprint density at radius 1 is 1.27 bits per heavy atom. The molecule has 0 saturated carbocycles. The summed E-state index contributed by atoms with van der Waals surface area (Å²) in [5, 5.41) is 4.20. The molecule has 1 aliphatic heterocycles. The van der Waals surface area contributed by atoms with Gasteiger partial charge in [0.15, 0.2) is 0 Å². The molecule has 3 aromatic rings. The highest BCUT2D eigenvalue weighted by atomic mass is 19.1. The van der Waals surface area contributed by atoms with Crippen molar-refractivity contribution in [3.63, 3.8) is 0 Å². The Bertz CT molecular complexity index is 967. The van der Waals surface area contributed by atoms with Gasteiger partial charge < -0.3 is 9.64 Å². The zero-order chi connectivity index (χ0) is 18.3. The second-order valence-electron chi connectivity index (χ2n) is 6.42. The molecule has 134 valence electrons. The van der Waals surface area contributed by atoms with Crippen molar-refractivity contribution in [3.05, 3.63) is 58.9 Å². The van der Waals surface area contributed by atoms with Crippen molar-refractivity contribution >= 4 is 11.7 Å². The molecule has 3 heterocycles. The summed E-state index contributed by atoms with van der Waals surface area (Å²) >= 11 is 0. The monoisotopic (exact) mass is 355 g/mol. The van der Waals surface area contributed by atoms with E-state index in [4.69, 9.17) is 4.74 Å². The number of carbonyl (C=O) groups excluding carboxylic acids is 1. The van der Waals surface area contributed by atoms with Crippen LogP contribution in [0.3, 0.4) is 0 Å². The van der Waals surface area contributed by atoms with Crippen LogP contribution in [0.2, 0.25) is 0 Å². The number of aromatic nitrogens is 4. The Morgan fingerprint density at radius 3 is 2.92 bits per heavy atom. The average Bonchev–Trinajstić information content (AvgIpc) is 3.08. The summed E-state index contributed by atoms with van der Waals surface area (Å²) in [4.78, 5) is 22.9. The maximum absolute atomic E-state index is 13.7. The summed E-state index contributed by atoms with van der Waals surface area (Å²) in [7, 11) is 0. The van der Waals surface area contributed by atoms with E-state index in [1.165, 1.54) is 18.5 Å². The number of hydrogen-bond donors (Lipinski definition) is 0. The molecule has 0 unspecified atom stereocenters. The SMILES string of the molecule is Cc1cc(F)cc(C(=O)N2CCO[C@H](c3cc(C)nc4ncnn34)C2)c1. The molecule has 1 amide bonds. The fraction of sp³-hybridized carbons (Fsp3) is 0.333. The van der Waals surface area contributed by atoms with E-state index in [-0.39, 0.29) is 12.0 Å². The van der Waals surface area contributed by atoms with Gasteiger partial charge in [-0.1, -0.05) is 0 Å². The van der Waals surface area contributed by atoms with E-state index >= 15 is 0 Å². The molecular weight excluding hydrogens is 337 g/mol. The van der Waals surface area contributed by atoms with Gasteiger partial charge in [-0.25, -0.2) is 9.37 Å². The molecule has 26 heavy (non-hydrogen) atoms. The van der Waals surface area contributed by atoms with Crippen molar-refractivity contribution < 1.29 is 13.9 Å². The van der Waals surface area contributed by atoms with E-state index < -0.39 is 5.82 Å². The van der Waals surface area contributed by atoms with Gasteiger partial charge >= 0.3 is 0 Å². The lowest BCUT2D eigenvalue weighted by Crippen LogP contribution is -2.42. The minimum absolute atomic E-state index is 0.207. The third-order valence-corrected chi connectivity index (χ3v) is 4.38. The Balaban J connectivity index is 1.63. The molecule has 0 aliphatic carbocycles. The summed E-state index contributed by atoms with van der Waals surface area (Å²) in [5.41, 5.74) is 2.65. The van der Waals surface area contributed by atoms with Crippen molar-refractivity contribution in [1.29, 1.82) is 0 Å². The Kier molecular flexibility index (Phi) is 4.12. The van der Waals surface area contributed by atoms with Gasteiger partial charge in [0.05, 0.1) is 18.8 Å². The van der Waals surface area contributed by atoms with Crippen molar-refractivity contribution in [1.82, 2.24) is 24.5 Å². The number of amides is 1. The number of benzene rings is 1. The van der Waals surface area contributed by atoms with Gasteiger partial charge in [-0.05, 0) is 43.7 Å². The van der Waals surface area contributed by atoms with Crippen LogP contribution in [0.5, 0.6) is 0 Å². The van der Waals surface area contributed by atoms with Crippen molar-refractivity contribution in [2.24, 2.45) is 0 Å². The van der Waals surface area contributed by atoms with Gasteiger partial charge in [0.25, 0.3) is 11.7 Å². The Hall–Kier alpha value is -2.87. The lowest BCUT2D eigenvalue weighted by Gasteiger charge is -2.33. The summed E-state index contributed by atoms with van der Waals surface area (Å²) in [5.74, 6) is -0.124. The number of aryl methyl sites for hydroxylation is 2. The molecular formula is C18H18FN5O2. The zero-order valence-corrected chi connectivity index (χ0v) is 14.5.